The second-order valence-electron chi connectivity index (χ2n) is 6.95. The number of hydrogen-bond donors (Lipinski definition) is 0. The van der Waals surface area contributed by atoms with Crippen molar-refractivity contribution in [2.75, 3.05) is 0 Å². The van der Waals surface area contributed by atoms with Crippen LogP contribution < -0.4 is 4.74 Å². The first-order valence-electron chi connectivity index (χ1n) is 9.65. The minimum absolute atomic E-state index is 0.0492. The van der Waals surface area contributed by atoms with Gasteiger partial charge in [-0.2, -0.15) is 0 Å². The standard InChI is InChI=1S/C20H27NO6/c1-2-3-4-5-6-19(22)26-17-11-7-15(8-12-17)20(23)27-18-13-9-16(10-14-18)21(24)25/h9-10,13-15,17H,2-8,11-12H2,1H3/t15-,17-. The zero-order chi connectivity index (χ0) is 19.6. The molecular formula is C20H27NO6. The number of ether oxygens (including phenoxy) is 2. The van der Waals surface area contributed by atoms with E-state index < -0.39 is 4.92 Å². The molecule has 0 unspecified atom stereocenters. The van der Waals surface area contributed by atoms with Crippen LogP contribution in [0, 0.1) is 16.0 Å². The molecule has 2 rings (SSSR count). The van der Waals surface area contributed by atoms with Gasteiger partial charge in [0.2, 0.25) is 0 Å². The van der Waals surface area contributed by atoms with E-state index in [1.165, 1.54) is 24.3 Å². The SMILES string of the molecule is CCCCCCC(=O)O[C@H]1CC[C@H](C(=O)Oc2ccc([N+](=O)[O-])cc2)CC1. The van der Waals surface area contributed by atoms with Crippen molar-refractivity contribution in [1.29, 1.82) is 0 Å². The Kier molecular flexibility index (Phi) is 8.23. The van der Waals surface area contributed by atoms with Gasteiger partial charge in [0.25, 0.3) is 5.69 Å². The van der Waals surface area contributed by atoms with Crippen LogP contribution in [0.2, 0.25) is 0 Å². The minimum atomic E-state index is -0.502. The lowest BCUT2D eigenvalue weighted by Gasteiger charge is -2.27. The first-order chi connectivity index (χ1) is 13.0. The normalized spacial score (nSPS) is 19.3. The predicted molar refractivity (Wildman–Crippen MR) is 99.3 cm³/mol. The molecule has 0 spiro atoms. The van der Waals surface area contributed by atoms with Gasteiger partial charge >= 0.3 is 11.9 Å². The first kappa shape index (κ1) is 20.9. The zero-order valence-corrected chi connectivity index (χ0v) is 15.7. The van der Waals surface area contributed by atoms with Crippen LogP contribution >= 0.6 is 0 Å². The van der Waals surface area contributed by atoms with Crippen LogP contribution in [0.5, 0.6) is 5.75 Å². The number of hydrogen-bond acceptors (Lipinski definition) is 6. The molecule has 0 amide bonds. The Morgan fingerprint density at radius 1 is 1.07 bits per heavy atom. The molecule has 148 valence electrons. The summed E-state index contributed by atoms with van der Waals surface area (Å²) in [4.78, 5) is 34.2. The molecule has 0 N–H and O–H groups in total. The number of unbranched alkanes of at least 4 members (excludes halogenated alkanes) is 3. The van der Waals surface area contributed by atoms with Gasteiger partial charge in [0.15, 0.2) is 0 Å². The number of benzene rings is 1. The van der Waals surface area contributed by atoms with E-state index in [1.807, 2.05) is 0 Å². The van der Waals surface area contributed by atoms with E-state index in [0.29, 0.717) is 37.9 Å². The van der Waals surface area contributed by atoms with Crippen molar-refractivity contribution >= 4 is 17.6 Å². The molecule has 1 saturated carbocycles. The number of carbonyl (C=O) groups is 2. The third kappa shape index (κ3) is 7.00. The van der Waals surface area contributed by atoms with Crippen LogP contribution in [-0.4, -0.2) is 23.0 Å². The number of esters is 2. The van der Waals surface area contributed by atoms with Crippen LogP contribution in [0.4, 0.5) is 5.69 Å². The molecule has 1 aromatic carbocycles. The molecule has 0 aromatic heterocycles. The van der Waals surface area contributed by atoms with Crippen molar-refractivity contribution in [2.24, 2.45) is 5.92 Å². The molecule has 7 heteroatoms. The Morgan fingerprint density at radius 3 is 2.33 bits per heavy atom. The monoisotopic (exact) mass is 377 g/mol. The van der Waals surface area contributed by atoms with Crippen LogP contribution in [0.15, 0.2) is 24.3 Å². The highest BCUT2D eigenvalue weighted by atomic mass is 16.6. The Morgan fingerprint density at radius 2 is 1.74 bits per heavy atom. The van der Waals surface area contributed by atoms with Gasteiger partial charge in [0.05, 0.1) is 10.8 Å². The fourth-order valence-corrected chi connectivity index (χ4v) is 3.19. The van der Waals surface area contributed by atoms with Crippen molar-refractivity contribution in [3.8, 4) is 5.75 Å². The molecule has 0 bridgehead atoms. The highest BCUT2D eigenvalue weighted by Crippen LogP contribution is 2.28. The molecule has 27 heavy (non-hydrogen) atoms. The van der Waals surface area contributed by atoms with Gasteiger partial charge in [0, 0.05) is 18.6 Å². The highest BCUT2D eigenvalue weighted by Gasteiger charge is 2.29. The number of carbonyl (C=O) groups excluding carboxylic acids is 2. The quantitative estimate of drug-likeness (QED) is 0.206. The lowest BCUT2D eigenvalue weighted by Crippen LogP contribution is -2.30. The summed E-state index contributed by atoms with van der Waals surface area (Å²) in [6.45, 7) is 2.13. The Balaban J connectivity index is 1.70. The fourth-order valence-electron chi connectivity index (χ4n) is 3.19. The van der Waals surface area contributed by atoms with Crippen molar-refractivity contribution in [3.63, 3.8) is 0 Å². The average molecular weight is 377 g/mol. The lowest BCUT2D eigenvalue weighted by molar-refractivity contribution is -0.384. The van der Waals surface area contributed by atoms with Gasteiger partial charge in [0.1, 0.15) is 11.9 Å². The van der Waals surface area contributed by atoms with Crippen LogP contribution in [0.3, 0.4) is 0 Å². The summed E-state index contributed by atoms with van der Waals surface area (Å²) in [6.07, 6.45) is 7.05. The molecule has 0 radical (unpaired) electrons. The van der Waals surface area contributed by atoms with E-state index in [1.54, 1.807) is 0 Å². The number of rotatable bonds is 9. The first-order valence-corrected chi connectivity index (χ1v) is 9.65. The number of non-ortho nitro benzene ring substituents is 1. The third-order valence-corrected chi connectivity index (χ3v) is 4.81. The summed E-state index contributed by atoms with van der Waals surface area (Å²) in [5.74, 6) is -0.429. The third-order valence-electron chi connectivity index (χ3n) is 4.81. The molecule has 1 aliphatic rings. The lowest BCUT2D eigenvalue weighted by atomic mass is 9.87. The van der Waals surface area contributed by atoms with E-state index in [4.69, 9.17) is 9.47 Å². The Bertz CT molecular complexity index is 634. The highest BCUT2D eigenvalue weighted by molar-refractivity contribution is 5.75. The summed E-state index contributed by atoms with van der Waals surface area (Å²) >= 11 is 0. The fraction of sp³-hybridized carbons (Fsp3) is 0.600. The van der Waals surface area contributed by atoms with E-state index >= 15 is 0 Å². The predicted octanol–water partition coefficient (Wildman–Crippen LogP) is 4.57. The molecule has 0 aliphatic heterocycles. The molecule has 1 aliphatic carbocycles. The number of nitro groups is 1. The second-order valence-corrected chi connectivity index (χ2v) is 6.95. The molecule has 0 saturated heterocycles. The number of nitro benzene ring substituents is 1. The molecule has 0 heterocycles. The molecule has 1 fully saturated rings. The largest absolute Gasteiger partial charge is 0.462 e. The zero-order valence-electron chi connectivity index (χ0n) is 15.7. The van der Waals surface area contributed by atoms with E-state index in [-0.39, 0.29) is 29.6 Å². The van der Waals surface area contributed by atoms with Crippen LogP contribution in [0.25, 0.3) is 0 Å². The van der Waals surface area contributed by atoms with E-state index in [0.717, 1.165) is 25.7 Å². The van der Waals surface area contributed by atoms with Gasteiger partial charge < -0.3 is 9.47 Å². The van der Waals surface area contributed by atoms with Gasteiger partial charge in [-0.05, 0) is 44.2 Å². The van der Waals surface area contributed by atoms with Crippen molar-refractivity contribution < 1.29 is 24.0 Å². The van der Waals surface area contributed by atoms with Gasteiger partial charge in [-0.15, -0.1) is 0 Å². The Labute approximate surface area is 159 Å². The average Bonchev–Trinajstić information content (AvgIpc) is 2.66. The second kappa shape index (κ2) is 10.6. The summed E-state index contributed by atoms with van der Waals surface area (Å²) in [5, 5.41) is 10.6. The summed E-state index contributed by atoms with van der Waals surface area (Å²) in [5.41, 5.74) is -0.0492. The van der Waals surface area contributed by atoms with E-state index in [9.17, 15) is 19.7 Å². The molecule has 7 nitrogen and oxygen atoms in total. The number of nitrogens with zero attached hydrogens (tertiary/aromatic N) is 1. The minimum Gasteiger partial charge on any atom is -0.462 e. The molecular weight excluding hydrogens is 350 g/mol. The summed E-state index contributed by atoms with van der Waals surface area (Å²) < 4.78 is 10.8. The van der Waals surface area contributed by atoms with Crippen LogP contribution in [0.1, 0.15) is 64.7 Å². The van der Waals surface area contributed by atoms with Gasteiger partial charge in [-0.3, -0.25) is 19.7 Å². The maximum absolute atomic E-state index is 12.3. The van der Waals surface area contributed by atoms with Crippen molar-refractivity contribution in [2.45, 2.75) is 70.8 Å². The van der Waals surface area contributed by atoms with Crippen LogP contribution in [-0.2, 0) is 14.3 Å². The van der Waals surface area contributed by atoms with Crippen molar-refractivity contribution in [1.82, 2.24) is 0 Å². The van der Waals surface area contributed by atoms with Gasteiger partial charge in [-0.25, -0.2) is 0 Å². The maximum atomic E-state index is 12.3. The van der Waals surface area contributed by atoms with Gasteiger partial charge in [-0.1, -0.05) is 26.2 Å². The summed E-state index contributed by atoms with van der Waals surface area (Å²) in [7, 11) is 0. The molecule has 1 aromatic rings. The molecule has 0 atom stereocenters. The Hall–Kier alpha value is -2.44. The summed E-state index contributed by atoms with van der Waals surface area (Å²) in [6, 6.07) is 5.45. The smallest absolute Gasteiger partial charge is 0.314 e. The topological polar surface area (TPSA) is 95.7 Å². The van der Waals surface area contributed by atoms with Crippen molar-refractivity contribution in [3.05, 3.63) is 34.4 Å². The maximum Gasteiger partial charge on any atom is 0.314 e. The van der Waals surface area contributed by atoms with E-state index in [2.05, 4.69) is 6.92 Å².